The Kier molecular flexibility index (Phi) is 1.79. The first-order valence-electron chi connectivity index (χ1n) is 8.24. The minimum Gasteiger partial charge on any atom is -0.459 e. The van der Waals surface area contributed by atoms with Crippen molar-refractivity contribution in [3.05, 3.63) is 0 Å². The van der Waals surface area contributed by atoms with E-state index in [0.29, 0.717) is 5.92 Å². The predicted molar refractivity (Wildman–Crippen MR) is 71.2 cm³/mol. The highest BCUT2D eigenvalue weighted by molar-refractivity contribution is 5.81. The van der Waals surface area contributed by atoms with Crippen LogP contribution in [0.15, 0.2) is 0 Å². The molecule has 0 aromatic rings. The zero-order chi connectivity index (χ0) is 13.0. The Morgan fingerprint density at radius 3 is 2.47 bits per heavy atom. The SMILES string of the molecule is CC1(C)CC2(CC3CC2C2C4CCC(C4)C32)C(=O)O1. The van der Waals surface area contributed by atoms with Crippen molar-refractivity contribution in [2.24, 2.45) is 40.9 Å². The molecule has 1 aliphatic heterocycles. The summed E-state index contributed by atoms with van der Waals surface area (Å²) >= 11 is 0. The summed E-state index contributed by atoms with van der Waals surface area (Å²) in [6.45, 7) is 4.20. The summed E-state index contributed by atoms with van der Waals surface area (Å²) in [4.78, 5) is 12.6. The van der Waals surface area contributed by atoms with Crippen LogP contribution in [-0.4, -0.2) is 11.6 Å². The molecule has 19 heavy (non-hydrogen) atoms. The lowest BCUT2D eigenvalue weighted by molar-refractivity contribution is -0.156. The van der Waals surface area contributed by atoms with Crippen molar-refractivity contribution in [2.75, 3.05) is 0 Å². The quantitative estimate of drug-likeness (QED) is 0.493. The average molecular weight is 260 g/mol. The van der Waals surface area contributed by atoms with Crippen LogP contribution in [0.5, 0.6) is 0 Å². The van der Waals surface area contributed by atoms with Gasteiger partial charge < -0.3 is 4.74 Å². The molecule has 2 nitrogen and oxygen atoms in total. The first kappa shape index (κ1) is 11.2. The fourth-order valence-electron chi connectivity index (χ4n) is 7.41. The maximum Gasteiger partial charge on any atom is 0.313 e. The summed E-state index contributed by atoms with van der Waals surface area (Å²) in [5.74, 6) is 5.54. The van der Waals surface area contributed by atoms with Gasteiger partial charge in [-0.1, -0.05) is 0 Å². The molecule has 1 spiro atoms. The molecular weight excluding hydrogens is 236 g/mol. The van der Waals surface area contributed by atoms with Crippen LogP contribution in [-0.2, 0) is 9.53 Å². The summed E-state index contributed by atoms with van der Waals surface area (Å²) < 4.78 is 5.73. The molecule has 1 heterocycles. The van der Waals surface area contributed by atoms with E-state index in [1.54, 1.807) is 0 Å². The Balaban J connectivity index is 1.55. The van der Waals surface area contributed by atoms with Gasteiger partial charge in [-0.05, 0) is 81.5 Å². The van der Waals surface area contributed by atoms with Gasteiger partial charge in [0.05, 0.1) is 5.41 Å². The fraction of sp³-hybridized carbons (Fsp3) is 0.941. The Bertz CT molecular complexity index is 468. The van der Waals surface area contributed by atoms with Crippen LogP contribution in [0.1, 0.15) is 52.4 Å². The maximum absolute atomic E-state index is 12.6. The summed E-state index contributed by atoms with van der Waals surface area (Å²) in [6, 6.07) is 0. The Labute approximate surface area is 115 Å². The molecule has 0 aromatic carbocycles. The predicted octanol–water partition coefficient (Wildman–Crippen LogP) is 3.40. The summed E-state index contributed by atoms with van der Waals surface area (Å²) in [5.41, 5.74) is -0.283. The third-order valence-electron chi connectivity index (χ3n) is 7.47. The molecule has 0 radical (unpaired) electrons. The van der Waals surface area contributed by atoms with E-state index in [1.165, 1.54) is 25.7 Å². The van der Waals surface area contributed by atoms with E-state index in [0.717, 1.165) is 42.4 Å². The first-order chi connectivity index (χ1) is 9.00. The minimum atomic E-state index is -0.214. The Morgan fingerprint density at radius 2 is 1.79 bits per heavy atom. The van der Waals surface area contributed by atoms with Gasteiger partial charge in [-0.2, -0.15) is 0 Å². The molecule has 0 aromatic heterocycles. The number of carbonyl (C=O) groups excluding carboxylic acids is 1. The molecule has 4 saturated carbocycles. The van der Waals surface area contributed by atoms with E-state index in [-0.39, 0.29) is 17.0 Å². The highest BCUT2D eigenvalue weighted by Crippen LogP contribution is 2.74. The first-order valence-corrected chi connectivity index (χ1v) is 8.24. The molecule has 0 amide bonds. The Hall–Kier alpha value is -0.530. The van der Waals surface area contributed by atoms with Crippen molar-refractivity contribution in [2.45, 2.75) is 58.0 Å². The lowest BCUT2D eigenvalue weighted by Crippen LogP contribution is -2.42. The van der Waals surface area contributed by atoms with Crippen LogP contribution in [0.2, 0.25) is 0 Å². The van der Waals surface area contributed by atoms with E-state index in [9.17, 15) is 4.79 Å². The van der Waals surface area contributed by atoms with E-state index >= 15 is 0 Å². The van der Waals surface area contributed by atoms with E-state index in [1.807, 2.05) is 0 Å². The van der Waals surface area contributed by atoms with Crippen molar-refractivity contribution < 1.29 is 9.53 Å². The zero-order valence-electron chi connectivity index (χ0n) is 12.0. The highest BCUT2D eigenvalue weighted by Gasteiger charge is 2.72. The lowest BCUT2D eigenvalue weighted by Gasteiger charge is -2.42. The van der Waals surface area contributed by atoms with Crippen molar-refractivity contribution in [1.82, 2.24) is 0 Å². The number of esters is 1. The van der Waals surface area contributed by atoms with Crippen LogP contribution in [0, 0.1) is 40.9 Å². The lowest BCUT2D eigenvalue weighted by atomic mass is 9.59. The van der Waals surface area contributed by atoms with Crippen LogP contribution < -0.4 is 0 Å². The number of ether oxygens (including phenoxy) is 1. The second kappa shape index (κ2) is 3.04. The van der Waals surface area contributed by atoms with Crippen molar-refractivity contribution in [1.29, 1.82) is 0 Å². The molecule has 2 heteroatoms. The van der Waals surface area contributed by atoms with Gasteiger partial charge in [0.2, 0.25) is 0 Å². The second-order valence-electron chi connectivity index (χ2n) is 8.78. The second-order valence-corrected chi connectivity index (χ2v) is 8.78. The summed E-state index contributed by atoms with van der Waals surface area (Å²) in [7, 11) is 0. The summed E-state index contributed by atoms with van der Waals surface area (Å²) in [5, 5.41) is 0. The topological polar surface area (TPSA) is 26.3 Å². The van der Waals surface area contributed by atoms with Gasteiger partial charge in [0, 0.05) is 6.42 Å². The van der Waals surface area contributed by atoms with Gasteiger partial charge in [-0.25, -0.2) is 0 Å². The van der Waals surface area contributed by atoms with E-state index < -0.39 is 0 Å². The van der Waals surface area contributed by atoms with Crippen LogP contribution in [0.3, 0.4) is 0 Å². The largest absolute Gasteiger partial charge is 0.459 e. The number of carbonyl (C=O) groups is 1. The monoisotopic (exact) mass is 260 g/mol. The van der Waals surface area contributed by atoms with Crippen LogP contribution in [0.4, 0.5) is 0 Å². The number of fused-ring (bicyclic) bond motifs is 10. The third-order valence-corrected chi connectivity index (χ3v) is 7.47. The molecule has 4 bridgehead atoms. The molecule has 1 saturated heterocycles. The normalized spacial score (nSPS) is 60.0. The highest BCUT2D eigenvalue weighted by atomic mass is 16.6. The van der Waals surface area contributed by atoms with E-state index in [4.69, 9.17) is 4.74 Å². The molecule has 104 valence electrons. The zero-order valence-corrected chi connectivity index (χ0v) is 12.0. The van der Waals surface area contributed by atoms with Gasteiger partial charge >= 0.3 is 5.97 Å². The van der Waals surface area contributed by atoms with Gasteiger partial charge in [0.15, 0.2) is 0 Å². The number of hydrogen-bond acceptors (Lipinski definition) is 2. The standard InChI is InChI=1S/C17H24O2/c1-16(2)8-17(15(18)19-16)7-11-6-12(17)14-10-4-3-9(5-10)13(11)14/h9-14H,3-8H2,1-2H3. The van der Waals surface area contributed by atoms with E-state index in [2.05, 4.69) is 13.8 Å². The van der Waals surface area contributed by atoms with Gasteiger partial charge in [-0.3, -0.25) is 4.79 Å². The number of cyclic esters (lactones) is 1. The fourth-order valence-corrected chi connectivity index (χ4v) is 7.41. The molecule has 0 N–H and O–H groups in total. The molecule has 7 atom stereocenters. The summed E-state index contributed by atoms with van der Waals surface area (Å²) in [6.07, 6.45) is 7.90. The van der Waals surface area contributed by atoms with Gasteiger partial charge in [0.1, 0.15) is 5.60 Å². The third kappa shape index (κ3) is 1.14. The molecular formula is C17H24O2. The van der Waals surface area contributed by atoms with Crippen molar-refractivity contribution in [3.63, 3.8) is 0 Å². The molecule has 7 unspecified atom stereocenters. The minimum absolute atomic E-state index is 0.0696. The molecule has 4 aliphatic carbocycles. The molecule has 5 fully saturated rings. The number of hydrogen-bond donors (Lipinski definition) is 0. The van der Waals surface area contributed by atoms with Crippen molar-refractivity contribution in [3.8, 4) is 0 Å². The molecule has 5 rings (SSSR count). The average Bonchev–Trinajstić information content (AvgIpc) is 3.06. The number of rotatable bonds is 0. The van der Waals surface area contributed by atoms with Crippen LogP contribution >= 0.6 is 0 Å². The van der Waals surface area contributed by atoms with Gasteiger partial charge in [0.25, 0.3) is 0 Å². The molecule has 5 aliphatic rings. The van der Waals surface area contributed by atoms with Crippen LogP contribution in [0.25, 0.3) is 0 Å². The smallest absolute Gasteiger partial charge is 0.313 e. The Morgan fingerprint density at radius 1 is 1.05 bits per heavy atom. The maximum atomic E-state index is 12.6. The van der Waals surface area contributed by atoms with Gasteiger partial charge in [-0.15, -0.1) is 0 Å². The van der Waals surface area contributed by atoms with Crippen molar-refractivity contribution >= 4 is 5.97 Å².